The lowest BCUT2D eigenvalue weighted by molar-refractivity contribution is -0.386. The van der Waals surface area contributed by atoms with Crippen LogP contribution in [0.4, 0.5) is 0 Å². The van der Waals surface area contributed by atoms with Crippen LogP contribution in [0.15, 0.2) is 24.3 Å². The van der Waals surface area contributed by atoms with Crippen LogP contribution in [0, 0.1) is 11.8 Å². The van der Waals surface area contributed by atoms with Gasteiger partial charge in [-0.2, -0.15) is 9.78 Å². The van der Waals surface area contributed by atoms with E-state index in [-0.39, 0.29) is 6.61 Å². The van der Waals surface area contributed by atoms with E-state index >= 15 is 0 Å². The molecule has 6 aliphatic rings. The molecule has 0 radical (unpaired) electrons. The second-order valence-corrected chi connectivity index (χ2v) is 9.82. The van der Waals surface area contributed by atoms with Crippen LogP contribution in [0.5, 0.6) is 5.75 Å². The Labute approximate surface area is 175 Å². The molecule has 7 rings (SSSR count). The Balaban J connectivity index is 1.10. The normalized spacial score (nSPS) is 44.1. The summed E-state index contributed by atoms with van der Waals surface area (Å²) < 4.78 is 12.0. The monoisotopic (exact) mass is 415 g/mol. The molecular weight excluding hydrogens is 386 g/mol. The predicted molar refractivity (Wildman–Crippen MR) is 106 cm³/mol. The van der Waals surface area contributed by atoms with E-state index in [1.54, 1.807) is 0 Å². The molecule has 3 aliphatic carbocycles. The van der Waals surface area contributed by atoms with Gasteiger partial charge in [-0.25, -0.2) is 4.79 Å². The smallest absolute Gasteiger partial charge is 0.341 e. The third-order valence-electron chi connectivity index (χ3n) is 8.02. The van der Waals surface area contributed by atoms with Crippen molar-refractivity contribution in [1.29, 1.82) is 0 Å². The minimum absolute atomic E-state index is 0.318. The van der Waals surface area contributed by atoms with E-state index in [0.717, 1.165) is 51.4 Å². The fourth-order valence-electron chi connectivity index (χ4n) is 6.68. The molecule has 3 saturated carbocycles. The van der Waals surface area contributed by atoms with Crippen molar-refractivity contribution in [1.82, 2.24) is 5.32 Å². The highest BCUT2D eigenvalue weighted by Crippen LogP contribution is 2.59. The maximum atomic E-state index is 10.6. The summed E-state index contributed by atoms with van der Waals surface area (Å²) in [7, 11) is 0. The molecule has 3 heterocycles. The van der Waals surface area contributed by atoms with Gasteiger partial charge in [0.25, 0.3) is 0 Å². The molecule has 2 spiro atoms. The molecule has 0 amide bonds. The Bertz CT molecular complexity index is 787. The van der Waals surface area contributed by atoms with Gasteiger partial charge in [-0.05, 0) is 62.1 Å². The van der Waals surface area contributed by atoms with Crippen LogP contribution < -0.4 is 10.1 Å². The van der Waals surface area contributed by atoms with Gasteiger partial charge in [0.05, 0.1) is 0 Å². The van der Waals surface area contributed by atoms with Crippen molar-refractivity contribution >= 4 is 5.97 Å². The average Bonchev–Trinajstić information content (AvgIpc) is 3.11. The first-order valence-corrected chi connectivity index (χ1v) is 11.3. The largest absolute Gasteiger partial charge is 0.482 e. The van der Waals surface area contributed by atoms with Gasteiger partial charge in [0, 0.05) is 36.8 Å². The summed E-state index contributed by atoms with van der Waals surface area (Å²) in [5.41, 5.74) is 1.25. The number of hydrogen-bond donors (Lipinski definition) is 2. The highest BCUT2D eigenvalue weighted by Gasteiger charge is 2.66. The summed E-state index contributed by atoms with van der Waals surface area (Å²) in [6, 6.07) is 9.04. The van der Waals surface area contributed by atoms with Crippen molar-refractivity contribution in [3.63, 3.8) is 0 Å². The van der Waals surface area contributed by atoms with E-state index in [1.165, 1.54) is 5.56 Å². The van der Waals surface area contributed by atoms with Gasteiger partial charge in [-0.15, -0.1) is 0 Å². The molecule has 7 heteroatoms. The van der Waals surface area contributed by atoms with Gasteiger partial charge in [0.2, 0.25) is 11.6 Å². The number of hydrogen-bond acceptors (Lipinski definition) is 6. The summed E-state index contributed by atoms with van der Waals surface area (Å²) >= 11 is 0. The number of piperidine rings is 2. The van der Waals surface area contributed by atoms with Gasteiger partial charge in [-0.1, -0.05) is 12.1 Å². The van der Waals surface area contributed by atoms with E-state index in [9.17, 15) is 4.79 Å². The molecule has 7 nitrogen and oxygen atoms in total. The van der Waals surface area contributed by atoms with Gasteiger partial charge in [-0.3, -0.25) is 0 Å². The quantitative estimate of drug-likeness (QED) is 0.730. The Morgan fingerprint density at radius 1 is 1.03 bits per heavy atom. The fraction of sp³-hybridized carbons (Fsp3) is 0.696. The van der Waals surface area contributed by atoms with Gasteiger partial charge in [0.1, 0.15) is 5.75 Å². The summed E-state index contributed by atoms with van der Waals surface area (Å²) in [6.45, 7) is -0.318. The van der Waals surface area contributed by atoms with E-state index in [0.29, 0.717) is 35.6 Å². The predicted octanol–water partition coefficient (Wildman–Crippen LogP) is 3.34. The standard InChI is InChI=1S/C23H29NO6/c25-21(26)13-27-20-3-1-14(2-4-20)15-5-7-22(8-6-15)28-23(30-29-22)16-9-18-11-17(23)12-19(10-16)24-18/h1-4,15-19,24H,5-13H2,(H,25,26). The first-order valence-electron chi connectivity index (χ1n) is 11.3. The third-order valence-corrected chi connectivity index (χ3v) is 8.02. The third kappa shape index (κ3) is 3.06. The van der Waals surface area contributed by atoms with Crippen molar-refractivity contribution in [2.75, 3.05) is 6.61 Å². The second-order valence-electron chi connectivity index (χ2n) is 9.82. The Kier molecular flexibility index (Phi) is 4.39. The number of carboxylic acids is 1. The molecule has 0 atom stereocenters. The number of nitrogens with one attached hydrogen (secondary N) is 1. The second kappa shape index (κ2) is 6.92. The molecule has 3 saturated heterocycles. The minimum atomic E-state index is -0.969. The summed E-state index contributed by atoms with van der Waals surface area (Å²) in [4.78, 5) is 22.7. The first-order chi connectivity index (χ1) is 14.5. The number of aliphatic carboxylic acids is 1. The number of carbonyl (C=O) groups is 1. The average molecular weight is 415 g/mol. The highest BCUT2D eigenvalue weighted by molar-refractivity contribution is 5.68. The number of rotatable bonds is 4. The lowest BCUT2D eigenvalue weighted by Crippen LogP contribution is -2.67. The first kappa shape index (κ1) is 19.0. The summed E-state index contributed by atoms with van der Waals surface area (Å²) in [6.07, 6.45) is 8.16. The van der Waals surface area contributed by atoms with Crippen LogP contribution in [-0.2, 0) is 19.3 Å². The lowest BCUT2D eigenvalue weighted by Gasteiger charge is -2.57. The van der Waals surface area contributed by atoms with Crippen LogP contribution in [0.2, 0.25) is 0 Å². The molecule has 1 aromatic rings. The Morgan fingerprint density at radius 2 is 1.67 bits per heavy atom. The van der Waals surface area contributed by atoms with Crippen LogP contribution in [0.3, 0.4) is 0 Å². The SMILES string of the molecule is O=C(O)COc1ccc(C2CCC3(CC2)OOC2(O3)C3CC4CC2CC(C3)N4)cc1. The number of ether oxygens (including phenoxy) is 2. The molecule has 4 bridgehead atoms. The molecule has 30 heavy (non-hydrogen) atoms. The maximum absolute atomic E-state index is 10.6. The van der Waals surface area contributed by atoms with Crippen molar-refractivity contribution in [3.05, 3.63) is 29.8 Å². The zero-order valence-corrected chi connectivity index (χ0v) is 17.0. The zero-order chi connectivity index (χ0) is 20.3. The maximum Gasteiger partial charge on any atom is 0.341 e. The number of benzene rings is 1. The van der Waals surface area contributed by atoms with Gasteiger partial charge >= 0.3 is 5.97 Å². The van der Waals surface area contributed by atoms with Crippen LogP contribution in [0.1, 0.15) is 62.8 Å². The van der Waals surface area contributed by atoms with E-state index in [4.69, 9.17) is 24.4 Å². The molecule has 3 aliphatic heterocycles. The van der Waals surface area contributed by atoms with Crippen LogP contribution in [-0.4, -0.2) is 41.3 Å². The van der Waals surface area contributed by atoms with Gasteiger partial charge < -0.3 is 19.9 Å². The molecule has 2 N–H and O–H groups in total. The van der Waals surface area contributed by atoms with E-state index in [1.807, 2.05) is 24.3 Å². The summed E-state index contributed by atoms with van der Waals surface area (Å²) in [5, 5.41) is 12.5. The van der Waals surface area contributed by atoms with Crippen molar-refractivity contribution in [2.24, 2.45) is 11.8 Å². The molecule has 162 valence electrons. The fourth-order valence-corrected chi connectivity index (χ4v) is 6.68. The van der Waals surface area contributed by atoms with E-state index in [2.05, 4.69) is 5.32 Å². The van der Waals surface area contributed by atoms with Crippen molar-refractivity contribution in [3.8, 4) is 5.75 Å². The molecular formula is C23H29NO6. The summed E-state index contributed by atoms with van der Waals surface area (Å²) in [5.74, 6) is -0.176. The Hall–Kier alpha value is -1.67. The topological polar surface area (TPSA) is 86.3 Å². The Morgan fingerprint density at radius 3 is 2.27 bits per heavy atom. The molecule has 0 aromatic heterocycles. The minimum Gasteiger partial charge on any atom is -0.482 e. The van der Waals surface area contributed by atoms with E-state index < -0.39 is 17.5 Å². The van der Waals surface area contributed by atoms with Crippen LogP contribution in [0.25, 0.3) is 0 Å². The molecule has 6 fully saturated rings. The zero-order valence-electron chi connectivity index (χ0n) is 17.0. The molecule has 1 aromatic carbocycles. The number of carboxylic acid groups (broad SMARTS) is 1. The highest BCUT2D eigenvalue weighted by atomic mass is 17.3. The van der Waals surface area contributed by atoms with Crippen molar-refractivity contribution < 1.29 is 29.1 Å². The molecule has 0 unspecified atom stereocenters. The lowest BCUT2D eigenvalue weighted by atomic mass is 9.60. The van der Waals surface area contributed by atoms with Gasteiger partial charge in [0.15, 0.2) is 6.61 Å². The van der Waals surface area contributed by atoms with Crippen molar-refractivity contribution in [2.45, 2.75) is 80.9 Å². The van der Waals surface area contributed by atoms with Crippen LogP contribution >= 0.6 is 0 Å².